The van der Waals surface area contributed by atoms with Crippen molar-refractivity contribution in [2.45, 2.75) is 70.6 Å². The van der Waals surface area contributed by atoms with E-state index in [1.54, 1.807) is 18.3 Å². The van der Waals surface area contributed by atoms with Crippen LogP contribution in [0, 0.1) is 0 Å². The summed E-state index contributed by atoms with van der Waals surface area (Å²) in [7, 11) is 0. The fourth-order valence-corrected chi connectivity index (χ4v) is 7.13. The van der Waals surface area contributed by atoms with Crippen LogP contribution in [0.3, 0.4) is 0 Å². The molecule has 6 atom stereocenters. The second-order valence-electron chi connectivity index (χ2n) is 14.1. The lowest BCUT2D eigenvalue weighted by molar-refractivity contribution is -0.285. The van der Waals surface area contributed by atoms with Gasteiger partial charge < -0.3 is 28.8 Å². The quantitative estimate of drug-likeness (QED) is 0.155. The molecule has 2 fully saturated rings. The number of carbonyl (C=O) groups is 3. The number of benzene rings is 1. The fourth-order valence-electron chi connectivity index (χ4n) is 7.13. The number of hydrogen-bond donors (Lipinski definition) is 1. The van der Waals surface area contributed by atoms with Gasteiger partial charge in [0.1, 0.15) is 18.5 Å². The van der Waals surface area contributed by atoms with Crippen molar-refractivity contribution < 1.29 is 43.2 Å². The third kappa shape index (κ3) is 11.8. The maximum Gasteiger partial charge on any atom is 0.303 e. The molecule has 1 N–H and O–H groups in total. The van der Waals surface area contributed by atoms with Crippen molar-refractivity contribution in [2.75, 3.05) is 45.9 Å². The number of ether oxygens (including phenoxy) is 5. The molecule has 302 valence electrons. The van der Waals surface area contributed by atoms with Gasteiger partial charge in [0, 0.05) is 91.7 Å². The zero-order valence-corrected chi connectivity index (χ0v) is 32.5. The molecule has 0 bridgehead atoms. The lowest BCUT2D eigenvalue weighted by Gasteiger charge is -2.42. The van der Waals surface area contributed by atoms with E-state index < -0.39 is 48.6 Å². The Morgan fingerprint density at radius 2 is 1.25 bits per heavy atom. The summed E-state index contributed by atoms with van der Waals surface area (Å²) >= 11 is 0. The maximum atomic E-state index is 12.1. The minimum atomic E-state index is -1.55. The molecule has 0 radical (unpaired) electrons. The van der Waals surface area contributed by atoms with E-state index in [9.17, 15) is 19.5 Å². The number of hydrogen-bond acceptors (Lipinski definition) is 15. The van der Waals surface area contributed by atoms with Gasteiger partial charge in [-0.2, -0.15) is 0 Å². The molecule has 2 aliphatic rings. The van der Waals surface area contributed by atoms with E-state index in [0.717, 1.165) is 75.0 Å². The Hall–Kier alpha value is -5.32. The summed E-state index contributed by atoms with van der Waals surface area (Å²) in [6, 6.07) is 25.2. The fraction of sp³-hybridized carbons (Fsp3) is 0.429. The van der Waals surface area contributed by atoms with E-state index in [1.165, 1.54) is 20.8 Å². The third-order valence-corrected chi connectivity index (χ3v) is 9.81. The van der Waals surface area contributed by atoms with Crippen LogP contribution in [0.25, 0.3) is 0 Å². The molecule has 15 nitrogen and oxygen atoms in total. The summed E-state index contributed by atoms with van der Waals surface area (Å²) in [5.41, 5.74) is 3.89. The number of aromatic nitrogens is 3. The monoisotopic (exact) mass is 782 g/mol. The van der Waals surface area contributed by atoms with Crippen molar-refractivity contribution in [1.82, 2.24) is 29.7 Å². The third-order valence-electron chi connectivity index (χ3n) is 9.81. The first kappa shape index (κ1) is 41.3. The molecule has 1 unspecified atom stereocenters. The van der Waals surface area contributed by atoms with Gasteiger partial charge in [-0.15, -0.1) is 0 Å². The van der Waals surface area contributed by atoms with Crippen molar-refractivity contribution in [1.29, 1.82) is 0 Å². The van der Waals surface area contributed by atoms with Gasteiger partial charge in [0.2, 0.25) is 6.29 Å². The molecule has 4 aromatic rings. The zero-order valence-electron chi connectivity index (χ0n) is 32.5. The molecule has 0 aliphatic carbocycles. The largest absolute Gasteiger partial charge is 0.463 e. The van der Waals surface area contributed by atoms with Gasteiger partial charge in [0.05, 0.1) is 23.1 Å². The molecule has 0 saturated carbocycles. The van der Waals surface area contributed by atoms with E-state index in [1.807, 2.05) is 67.0 Å². The van der Waals surface area contributed by atoms with Gasteiger partial charge >= 0.3 is 17.9 Å². The van der Waals surface area contributed by atoms with Crippen LogP contribution in [-0.2, 0) is 46.4 Å². The lowest BCUT2D eigenvalue weighted by Crippen LogP contribution is -2.62. The molecule has 2 aliphatic heterocycles. The Bertz CT molecular complexity index is 1820. The van der Waals surface area contributed by atoms with Crippen LogP contribution in [0.15, 0.2) is 97.5 Å². The Morgan fingerprint density at radius 3 is 1.75 bits per heavy atom. The normalized spacial score (nSPS) is 22.9. The highest BCUT2D eigenvalue weighted by Gasteiger charge is 2.51. The Kier molecular flexibility index (Phi) is 14.6. The first-order valence-electron chi connectivity index (χ1n) is 19.1. The average Bonchev–Trinajstić information content (AvgIpc) is 3.29. The highest BCUT2D eigenvalue weighted by Crippen LogP contribution is 2.32. The van der Waals surface area contributed by atoms with Crippen LogP contribution >= 0.6 is 0 Å². The molecular formula is C42H50N6O9. The molecule has 0 amide bonds. The molecule has 1 aromatic carbocycles. The van der Waals surface area contributed by atoms with Crippen LogP contribution in [0.1, 0.15) is 49.5 Å². The van der Waals surface area contributed by atoms with Crippen LogP contribution in [0.2, 0.25) is 0 Å². The van der Waals surface area contributed by atoms with E-state index in [-0.39, 0.29) is 12.6 Å². The minimum Gasteiger partial charge on any atom is -0.463 e. The van der Waals surface area contributed by atoms with E-state index in [4.69, 9.17) is 28.7 Å². The number of nitrogens with zero attached hydrogens (tertiary/aromatic N) is 6. The molecule has 0 spiro atoms. The van der Waals surface area contributed by atoms with Crippen LogP contribution in [-0.4, -0.2) is 129 Å². The molecular weight excluding hydrogens is 732 g/mol. The lowest BCUT2D eigenvalue weighted by atomic mass is 9.98. The minimum absolute atomic E-state index is 0.214. The predicted molar refractivity (Wildman–Crippen MR) is 206 cm³/mol. The summed E-state index contributed by atoms with van der Waals surface area (Å²) in [4.78, 5) is 57.1. The highest BCUT2D eigenvalue weighted by molar-refractivity contribution is 5.68. The van der Waals surface area contributed by atoms with Crippen LogP contribution < -0.4 is 4.74 Å². The van der Waals surface area contributed by atoms with E-state index in [2.05, 4.69) is 36.8 Å². The number of aliphatic hydroxyl groups excluding tert-OH is 1. The van der Waals surface area contributed by atoms with Crippen molar-refractivity contribution in [3.63, 3.8) is 0 Å². The van der Waals surface area contributed by atoms with Crippen molar-refractivity contribution in [2.24, 2.45) is 0 Å². The standard InChI is InChI=1S/C42H50N6O9/c1-29(49)53-28-37-40(54-30(2)50)41(55-31(3)51)39(52)42(57-37)56-35-15-13-32(14-16-35)38(36-12-6-9-19-45-36)48-24-22-46(26-33-10-4-7-17-43-33)20-21-47(23-25-48)27-34-11-5-8-18-44-34/h4-19,37-42,52H,20-28H2,1-3H3/t37-,38?,39-,40+,41-,42-/m1/s1. The van der Waals surface area contributed by atoms with Crippen molar-refractivity contribution >= 4 is 17.9 Å². The Morgan fingerprint density at radius 1 is 0.702 bits per heavy atom. The second-order valence-corrected chi connectivity index (χ2v) is 14.1. The molecule has 15 heteroatoms. The summed E-state index contributed by atoms with van der Waals surface area (Å²) in [6.07, 6.45) is -1.18. The summed E-state index contributed by atoms with van der Waals surface area (Å²) in [5.74, 6) is -1.65. The van der Waals surface area contributed by atoms with Crippen LogP contribution in [0.4, 0.5) is 0 Å². The molecule has 5 heterocycles. The van der Waals surface area contributed by atoms with Crippen molar-refractivity contribution in [3.8, 4) is 5.75 Å². The van der Waals surface area contributed by atoms with Crippen LogP contribution in [0.5, 0.6) is 5.75 Å². The van der Waals surface area contributed by atoms with Gasteiger partial charge in [0.15, 0.2) is 18.3 Å². The first-order valence-corrected chi connectivity index (χ1v) is 19.1. The number of aliphatic hydroxyl groups is 1. The summed E-state index contributed by atoms with van der Waals surface area (Å²) in [5, 5.41) is 11.3. The SMILES string of the molecule is CC(=O)OC[C@H]1O[C@@H](Oc2ccc(C(c3ccccn3)N3CCN(Cc4ccccn4)CCN(Cc4ccccn4)CC3)cc2)[C@H](O)[C@@H](OC(C)=O)[C@H]1OC(C)=O. The second kappa shape index (κ2) is 20.2. The average molecular weight is 783 g/mol. The maximum absolute atomic E-state index is 12.1. The number of pyridine rings is 3. The van der Waals surface area contributed by atoms with E-state index >= 15 is 0 Å². The summed E-state index contributed by atoms with van der Waals surface area (Å²) in [6.45, 7) is 9.56. The van der Waals surface area contributed by atoms with E-state index in [0.29, 0.717) is 5.75 Å². The highest BCUT2D eigenvalue weighted by atomic mass is 16.7. The number of esters is 3. The Balaban J connectivity index is 1.25. The number of carbonyl (C=O) groups excluding carboxylic acids is 3. The molecule has 57 heavy (non-hydrogen) atoms. The topological polar surface area (TPSA) is 166 Å². The van der Waals surface area contributed by atoms with Gasteiger partial charge in [-0.25, -0.2) is 0 Å². The van der Waals surface area contributed by atoms with Gasteiger partial charge in [-0.1, -0.05) is 30.3 Å². The zero-order chi connectivity index (χ0) is 40.1. The van der Waals surface area contributed by atoms with Gasteiger partial charge in [-0.05, 0) is 54.1 Å². The molecule has 3 aromatic heterocycles. The Labute approximate surface area is 332 Å². The smallest absolute Gasteiger partial charge is 0.303 e. The predicted octanol–water partition coefficient (Wildman–Crippen LogP) is 3.17. The molecule has 2 saturated heterocycles. The van der Waals surface area contributed by atoms with Gasteiger partial charge in [-0.3, -0.25) is 44.0 Å². The van der Waals surface area contributed by atoms with Crippen molar-refractivity contribution in [3.05, 3.63) is 120 Å². The first-order chi connectivity index (χ1) is 27.6. The molecule has 6 rings (SSSR count). The number of rotatable bonds is 13. The van der Waals surface area contributed by atoms with Gasteiger partial charge in [0.25, 0.3) is 0 Å². The summed E-state index contributed by atoms with van der Waals surface area (Å²) < 4.78 is 28.1.